The predicted molar refractivity (Wildman–Crippen MR) is 87.9 cm³/mol. The second-order valence-electron chi connectivity index (χ2n) is 5.97. The number of carbonyl (C=O) groups is 1. The van der Waals surface area contributed by atoms with Crippen LogP contribution in [0, 0.1) is 0 Å². The van der Waals surface area contributed by atoms with Crippen molar-refractivity contribution in [2.45, 2.75) is 31.2 Å². The molecule has 3 N–H and O–H groups in total. The average Bonchev–Trinajstić information content (AvgIpc) is 2.59. The van der Waals surface area contributed by atoms with Crippen molar-refractivity contribution in [2.24, 2.45) is 5.73 Å². The normalized spacial score (nSPS) is 18.1. The van der Waals surface area contributed by atoms with Crippen LogP contribution < -0.4 is 20.5 Å². The zero-order valence-corrected chi connectivity index (χ0v) is 14.1. The Labute approximate surface area is 137 Å². The molecule has 0 unspecified atom stereocenters. The number of hydrogen-bond acceptors (Lipinski definition) is 5. The summed E-state index contributed by atoms with van der Waals surface area (Å²) in [5.74, 6) is 1.24. The van der Waals surface area contributed by atoms with Gasteiger partial charge in [-0.1, -0.05) is 6.07 Å². The molecule has 1 atom stereocenters. The van der Waals surface area contributed by atoms with Gasteiger partial charge in [0.2, 0.25) is 5.91 Å². The van der Waals surface area contributed by atoms with E-state index in [0.29, 0.717) is 31.3 Å². The number of hydrogen-bond donors (Lipinski definition) is 2. The number of rotatable bonds is 6. The molecule has 0 aromatic heterocycles. The molecule has 1 heterocycles. The van der Waals surface area contributed by atoms with Gasteiger partial charge < -0.3 is 25.3 Å². The molecule has 0 radical (unpaired) electrons. The Balaban J connectivity index is 2.28. The molecule has 1 aliphatic heterocycles. The van der Waals surface area contributed by atoms with Crippen LogP contribution in [0.4, 0.5) is 0 Å². The van der Waals surface area contributed by atoms with Crippen LogP contribution in [0.2, 0.25) is 0 Å². The largest absolute Gasteiger partial charge is 0.493 e. The van der Waals surface area contributed by atoms with E-state index in [2.05, 4.69) is 5.32 Å². The lowest BCUT2D eigenvalue weighted by Crippen LogP contribution is -2.48. The monoisotopic (exact) mass is 322 g/mol. The fraction of sp³-hybridized carbons (Fsp3) is 0.588. The first kappa shape index (κ1) is 17.6. The third-order valence-corrected chi connectivity index (χ3v) is 4.46. The number of carbonyl (C=O) groups excluding carboxylic acids is 1. The standard InChI is InChI=1S/C17H26N2O4/c1-12(18)16(20)19-11-17(6-8-23-9-7-17)13-4-5-14(21-2)15(10-13)22-3/h4-5,10,12H,6-9,11,18H2,1-3H3,(H,19,20)/t12-/m0/s1. The van der Waals surface area contributed by atoms with Crippen LogP contribution in [0.5, 0.6) is 11.5 Å². The lowest BCUT2D eigenvalue weighted by molar-refractivity contribution is -0.122. The van der Waals surface area contributed by atoms with Gasteiger partial charge in [0.25, 0.3) is 0 Å². The van der Waals surface area contributed by atoms with Crippen molar-refractivity contribution in [3.63, 3.8) is 0 Å². The highest BCUT2D eigenvalue weighted by atomic mass is 16.5. The molecule has 1 fully saturated rings. The number of ether oxygens (including phenoxy) is 3. The maximum absolute atomic E-state index is 11.9. The third-order valence-electron chi connectivity index (χ3n) is 4.46. The molecule has 2 rings (SSSR count). The minimum absolute atomic E-state index is 0.142. The lowest BCUT2D eigenvalue weighted by atomic mass is 9.74. The van der Waals surface area contributed by atoms with Crippen molar-refractivity contribution >= 4 is 5.91 Å². The lowest BCUT2D eigenvalue weighted by Gasteiger charge is -2.38. The molecular formula is C17H26N2O4. The summed E-state index contributed by atoms with van der Waals surface area (Å²) in [7, 11) is 3.24. The molecular weight excluding hydrogens is 296 g/mol. The van der Waals surface area contributed by atoms with Crippen LogP contribution in [0.25, 0.3) is 0 Å². The summed E-state index contributed by atoms with van der Waals surface area (Å²) in [4.78, 5) is 11.9. The summed E-state index contributed by atoms with van der Waals surface area (Å²) in [5.41, 5.74) is 6.58. The number of amides is 1. The van der Waals surface area contributed by atoms with Gasteiger partial charge in [0.15, 0.2) is 11.5 Å². The van der Waals surface area contributed by atoms with E-state index in [9.17, 15) is 4.79 Å². The Morgan fingerprint density at radius 2 is 1.96 bits per heavy atom. The second-order valence-corrected chi connectivity index (χ2v) is 5.97. The third kappa shape index (κ3) is 3.95. The average molecular weight is 322 g/mol. The Kier molecular flexibility index (Phi) is 5.85. The van der Waals surface area contributed by atoms with Crippen molar-refractivity contribution in [3.8, 4) is 11.5 Å². The molecule has 0 saturated carbocycles. The minimum atomic E-state index is -0.516. The first-order valence-corrected chi connectivity index (χ1v) is 7.86. The molecule has 0 spiro atoms. The van der Waals surface area contributed by atoms with E-state index in [0.717, 1.165) is 18.4 Å². The van der Waals surface area contributed by atoms with Crippen molar-refractivity contribution in [3.05, 3.63) is 23.8 Å². The highest BCUT2D eigenvalue weighted by Gasteiger charge is 2.35. The van der Waals surface area contributed by atoms with Crippen LogP contribution in [0.1, 0.15) is 25.3 Å². The Bertz CT molecular complexity index is 539. The van der Waals surface area contributed by atoms with Crippen LogP contribution >= 0.6 is 0 Å². The van der Waals surface area contributed by atoms with Gasteiger partial charge in [-0.2, -0.15) is 0 Å². The zero-order valence-electron chi connectivity index (χ0n) is 14.1. The second kappa shape index (κ2) is 7.66. The summed E-state index contributed by atoms with van der Waals surface area (Å²) < 4.78 is 16.2. The topological polar surface area (TPSA) is 82.8 Å². The summed E-state index contributed by atoms with van der Waals surface area (Å²) in [5, 5.41) is 2.97. The van der Waals surface area contributed by atoms with Crippen LogP contribution in [0.3, 0.4) is 0 Å². The first-order valence-electron chi connectivity index (χ1n) is 7.86. The fourth-order valence-electron chi connectivity index (χ4n) is 2.91. The van der Waals surface area contributed by atoms with Gasteiger partial charge >= 0.3 is 0 Å². The molecule has 1 saturated heterocycles. The summed E-state index contributed by atoms with van der Waals surface area (Å²) in [6.45, 7) is 3.55. The van der Waals surface area contributed by atoms with Gasteiger partial charge in [0.05, 0.1) is 20.3 Å². The molecule has 1 aromatic rings. The summed E-state index contributed by atoms with van der Waals surface area (Å²) in [6.07, 6.45) is 1.67. The van der Waals surface area contributed by atoms with Crippen molar-refractivity contribution in [1.82, 2.24) is 5.32 Å². The Morgan fingerprint density at radius 3 is 2.52 bits per heavy atom. The van der Waals surface area contributed by atoms with Crippen molar-refractivity contribution in [2.75, 3.05) is 34.0 Å². The molecule has 23 heavy (non-hydrogen) atoms. The molecule has 6 heteroatoms. The first-order chi connectivity index (χ1) is 11.0. The Hall–Kier alpha value is -1.79. The number of nitrogens with one attached hydrogen (secondary N) is 1. The molecule has 128 valence electrons. The summed E-state index contributed by atoms with van der Waals surface area (Å²) in [6, 6.07) is 5.41. The maximum Gasteiger partial charge on any atom is 0.236 e. The zero-order chi connectivity index (χ0) is 16.9. The van der Waals surface area contributed by atoms with Gasteiger partial charge in [-0.15, -0.1) is 0 Å². The van der Waals surface area contributed by atoms with Gasteiger partial charge in [-0.05, 0) is 37.5 Å². The van der Waals surface area contributed by atoms with Crippen LogP contribution in [-0.2, 0) is 14.9 Å². The van der Waals surface area contributed by atoms with E-state index in [1.165, 1.54) is 0 Å². The van der Waals surface area contributed by atoms with E-state index in [-0.39, 0.29) is 11.3 Å². The van der Waals surface area contributed by atoms with Crippen LogP contribution in [-0.4, -0.2) is 45.9 Å². The van der Waals surface area contributed by atoms with Gasteiger partial charge in [-0.3, -0.25) is 4.79 Å². The van der Waals surface area contributed by atoms with E-state index < -0.39 is 6.04 Å². The van der Waals surface area contributed by atoms with E-state index in [4.69, 9.17) is 19.9 Å². The van der Waals surface area contributed by atoms with E-state index >= 15 is 0 Å². The molecule has 1 aromatic carbocycles. The molecule has 0 aliphatic carbocycles. The van der Waals surface area contributed by atoms with Crippen LogP contribution in [0.15, 0.2) is 18.2 Å². The molecule has 0 bridgehead atoms. The quantitative estimate of drug-likeness (QED) is 0.823. The summed E-state index contributed by atoms with van der Waals surface area (Å²) >= 11 is 0. The molecule has 1 aliphatic rings. The Morgan fingerprint density at radius 1 is 1.30 bits per heavy atom. The smallest absolute Gasteiger partial charge is 0.236 e. The van der Waals surface area contributed by atoms with E-state index in [1.807, 2.05) is 18.2 Å². The number of methoxy groups -OCH3 is 2. The van der Waals surface area contributed by atoms with Gasteiger partial charge in [-0.25, -0.2) is 0 Å². The van der Waals surface area contributed by atoms with Gasteiger partial charge in [0.1, 0.15) is 0 Å². The number of benzene rings is 1. The highest BCUT2D eigenvalue weighted by molar-refractivity contribution is 5.81. The molecule has 1 amide bonds. The highest BCUT2D eigenvalue weighted by Crippen LogP contribution is 2.38. The van der Waals surface area contributed by atoms with Crippen molar-refractivity contribution in [1.29, 1.82) is 0 Å². The predicted octanol–water partition coefficient (Wildman–Crippen LogP) is 1.22. The molecule has 6 nitrogen and oxygen atoms in total. The number of nitrogens with two attached hydrogens (primary N) is 1. The minimum Gasteiger partial charge on any atom is -0.493 e. The van der Waals surface area contributed by atoms with Gasteiger partial charge in [0, 0.05) is 25.2 Å². The SMILES string of the molecule is COc1ccc(C2(CNC(=O)[C@H](C)N)CCOCC2)cc1OC. The maximum atomic E-state index is 11.9. The fourth-order valence-corrected chi connectivity index (χ4v) is 2.91. The van der Waals surface area contributed by atoms with Crippen molar-refractivity contribution < 1.29 is 19.0 Å². The van der Waals surface area contributed by atoms with E-state index in [1.54, 1.807) is 21.1 Å².